The second-order valence-electron chi connectivity index (χ2n) is 7.99. The Morgan fingerprint density at radius 3 is 2.72 bits per heavy atom. The summed E-state index contributed by atoms with van der Waals surface area (Å²) in [5.41, 5.74) is 2.76. The van der Waals surface area contributed by atoms with Gasteiger partial charge >= 0.3 is 0 Å². The Balaban J connectivity index is 2.24. The molecule has 0 spiro atoms. The predicted molar refractivity (Wildman–Crippen MR) is 102 cm³/mol. The summed E-state index contributed by atoms with van der Waals surface area (Å²) in [6.45, 7) is 12.4. The molecule has 1 atom stereocenters. The van der Waals surface area contributed by atoms with E-state index in [9.17, 15) is 9.59 Å². The van der Waals surface area contributed by atoms with Crippen LogP contribution in [0.4, 0.5) is 5.69 Å². The Morgan fingerprint density at radius 2 is 2.08 bits per heavy atom. The summed E-state index contributed by atoms with van der Waals surface area (Å²) in [6.07, 6.45) is 1.56. The third kappa shape index (κ3) is 4.74. The molecular formula is C20H31N3O2. The van der Waals surface area contributed by atoms with Crippen molar-refractivity contribution in [1.82, 2.24) is 10.2 Å². The van der Waals surface area contributed by atoms with Gasteiger partial charge in [0, 0.05) is 30.9 Å². The van der Waals surface area contributed by atoms with Crippen LogP contribution in [0.25, 0.3) is 0 Å². The largest absolute Gasteiger partial charge is 0.384 e. The molecule has 1 heterocycles. The van der Waals surface area contributed by atoms with Crippen LogP contribution in [-0.2, 0) is 4.79 Å². The summed E-state index contributed by atoms with van der Waals surface area (Å²) in [5, 5.41) is 6.32. The fourth-order valence-corrected chi connectivity index (χ4v) is 3.09. The minimum Gasteiger partial charge on any atom is -0.384 e. The topological polar surface area (TPSA) is 61.4 Å². The summed E-state index contributed by atoms with van der Waals surface area (Å²) in [6, 6.07) is 5.40. The van der Waals surface area contributed by atoms with E-state index < -0.39 is 0 Å². The van der Waals surface area contributed by atoms with Gasteiger partial charge in [-0.1, -0.05) is 40.2 Å². The van der Waals surface area contributed by atoms with Crippen molar-refractivity contribution < 1.29 is 9.59 Å². The maximum atomic E-state index is 13.1. The van der Waals surface area contributed by atoms with Gasteiger partial charge < -0.3 is 15.5 Å². The first-order valence-electron chi connectivity index (χ1n) is 9.16. The van der Waals surface area contributed by atoms with Crippen molar-refractivity contribution in [3.8, 4) is 0 Å². The van der Waals surface area contributed by atoms with Crippen molar-refractivity contribution >= 4 is 17.5 Å². The molecule has 0 radical (unpaired) electrons. The van der Waals surface area contributed by atoms with Gasteiger partial charge in [0.2, 0.25) is 5.91 Å². The molecule has 0 bridgehead atoms. The van der Waals surface area contributed by atoms with E-state index in [1.165, 1.54) is 0 Å². The van der Waals surface area contributed by atoms with Gasteiger partial charge in [0.25, 0.3) is 5.91 Å². The molecular weight excluding hydrogens is 314 g/mol. The van der Waals surface area contributed by atoms with Crippen molar-refractivity contribution in [1.29, 1.82) is 0 Å². The molecule has 5 nitrogen and oxygen atoms in total. The second kappa shape index (κ2) is 7.89. The van der Waals surface area contributed by atoms with Crippen LogP contribution < -0.4 is 10.6 Å². The predicted octanol–water partition coefficient (Wildman–Crippen LogP) is 3.19. The minimum atomic E-state index is -0.364. The lowest BCUT2D eigenvalue weighted by molar-refractivity contribution is -0.128. The van der Waals surface area contributed by atoms with Crippen LogP contribution in [0.5, 0.6) is 0 Å². The van der Waals surface area contributed by atoms with Crippen LogP contribution in [0.15, 0.2) is 18.2 Å². The van der Waals surface area contributed by atoms with E-state index in [2.05, 4.69) is 31.4 Å². The Bertz CT molecular complexity index is 634. The van der Waals surface area contributed by atoms with Gasteiger partial charge in [0.1, 0.15) is 6.04 Å². The summed E-state index contributed by atoms with van der Waals surface area (Å²) in [7, 11) is 0. The van der Waals surface area contributed by atoms with Gasteiger partial charge in [-0.25, -0.2) is 0 Å². The van der Waals surface area contributed by atoms with E-state index in [0.29, 0.717) is 25.1 Å². The van der Waals surface area contributed by atoms with E-state index in [0.717, 1.165) is 24.2 Å². The molecule has 5 heteroatoms. The number of rotatable bonds is 5. The van der Waals surface area contributed by atoms with E-state index in [-0.39, 0.29) is 23.3 Å². The van der Waals surface area contributed by atoms with Crippen molar-refractivity contribution in [2.24, 2.45) is 5.41 Å². The van der Waals surface area contributed by atoms with E-state index >= 15 is 0 Å². The number of carbonyl (C=O) groups excluding carboxylic acids is 2. The molecule has 1 aromatic carbocycles. The summed E-state index contributed by atoms with van der Waals surface area (Å²) in [4.78, 5) is 27.0. The number of piperazine rings is 1. The number of nitrogens with zero attached hydrogens (tertiary/aromatic N) is 1. The average Bonchev–Trinajstić information content (AvgIpc) is 2.54. The Morgan fingerprint density at radius 1 is 1.36 bits per heavy atom. The summed E-state index contributed by atoms with van der Waals surface area (Å²) >= 11 is 0. The smallest absolute Gasteiger partial charge is 0.254 e. The Labute approximate surface area is 151 Å². The molecule has 2 amide bonds. The number of nitrogens with one attached hydrogen (secondary N) is 2. The molecule has 1 aromatic rings. The Hall–Kier alpha value is -2.04. The summed E-state index contributed by atoms with van der Waals surface area (Å²) < 4.78 is 0. The third-order valence-electron chi connectivity index (χ3n) is 4.53. The highest BCUT2D eigenvalue weighted by molar-refractivity contribution is 6.00. The standard InChI is InChI=1S/C20H31N3O2/c1-6-8-17-18(24)21-11-12-23(17)19(25)15-9-7-10-16(14(15)2)22-13-20(3,4)5/h7,9-10,17,22H,6,8,11-13H2,1-5H3,(H,21,24). The number of carbonyl (C=O) groups is 2. The minimum absolute atomic E-state index is 0.0406. The average molecular weight is 345 g/mol. The molecule has 2 rings (SSSR count). The fraction of sp³-hybridized carbons (Fsp3) is 0.600. The van der Waals surface area contributed by atoms with E-state index in [4.69, 9.17) is 0 Å². The maximum absolute atomic E-state index is 13.1. The SMILES string of the molecule is CCCC1C(=O)NCCN1C(=O)c1cccc(NCC(C)(C)C)c1C. The molecule has 0 saturated carbocycles. The zero-order valence-electron chi connectivity index (χ0n) is 16.1. The lowest BCUT2D eigenvalue weighted by atomic mass is 9.96. The zero-order chi connectivity index (χ0) is 18.6. The van der Waals surface area contributed by atoms with E-state index in [1.54, 1.807) is 4.90 Å². The number of amides is 2. The Kier molecular flexibility index (Phi) is 6.09. The molecule has 1 unspecified atom stereocenters. The quantitative estimate of drug-likeness (QED) is 0.861. The fourth-order valence-electron chi connectivity index (χ4n) is 3.09. The highest BCUT2D eigenvalue weighted by atomic mass is 16.2. The van der Waals surface area contributed by atoms with Crippen LogP contribution in [-0.4, -0.2) is 42.4 Å². The lowest BCUT2D eigenvalue weighted by Crippen LogP contribution is -2.57. The first-order chi connectivity index (χ1) is 11.7. The molecule has 25 heavy (non-hydrogen) atoms. The molecule has 2 N–H and O–H groups in total. The second-order valence-corrected chi connectivity index (χ2v) is 7.99. The van der Waals surface area contributed by atoms with Crippen molar-refractivity contribution in [3.63, 3.8) is 0 Å². The molecule has 1 aliphatic rings. The van der Waals surface area contributed by atoms with E-state index in [1.807, 2.05) is 32.0 Å². The molecule has 0 aliphatic carbocycles. The van der Waals surface area contributed by atoms with Gasteiger partial charge in [0.15, 0.2) is 0 Å². The number of hydrogen-bond donors (Lipinski definition) is 2. The van der Waals surface area contributed by atoms with Gasteiger partial charge in [-0.15, -0.1) is 0 Å². The maximum Gasteiger partial charge on any atom is 0.254 e. The van der Waals surface area contributed by atoms with Crippen molar-refractivity contribution in [2.75, 3.05) is 25.0 Å². The third-order valence-corrected chi connectivity index (χ3v) is 4.53. The number of hydrogen-bond acceptors (Lipinski definition) is 3. The van der Waals surface area contributed by atoms with Crippen LogP contribution in [0.3, 0.4) is 0 Å². The lowest BCUT2D eigenvalue weighted by Gasteiger charge is -2.35. The number of anilines is 1. The highest BCUT2D eigenvalue weighted by Crippen LogP contribution is 2.24. The first-order valence-corrected chi connectivity index (χ1v) is 9.16. The van der Waals surface area contributed by atoms with Gasteiger partial charge in [-0.05, 0) is 36.5 Å². The van der Waals surface area contributed by atoms with Gasteiger partial charge in [0.05, 0.1) is 0 Å². The molecule has 1 aliphatic heterocycles. The summed E-state index contributed by atoms with van der Waals surface area (Å²) in [5.74, 6) is -0.0914. The normalized spacial score (nSPS) is 18.0. The monoisotopic (exact) mass is 345 g/mol. The molecule has 0 aromatic heterocycles. The van der Waals surface area contributed by atoms with Gasteiger partial charge in [-0.3, -0.25) is 9.59 Å². The zero-order valence-corrected chi connectivity index (χ0v) is 16.1. The van der Waals surface area contributed by atoms with Crippen molar-refractivity contribution in [2.45, 2.75) is 53.5 Å². The molecule has 138 valence electrons. The van der Waals surface area contributed by atoms with Crippen LogP contribution in [0.1, 0.15) is 56.5 Å². The van der Waals surface area contributed by atoms with Crippen LogP contribution >= 0.6 is 0 Å². The number of benzene rings is 1. The van der Waals surface area contributed by atoms with Crippen molar-refractivity contribution in [3.05, 3.63) is 29.3 Å². The van der Waals surface area contributed by atoms with Gasteiger partial charge in [-0.2, -0.15) is 0 Å². The first kappa shape index (κ1) is 19.3. The van der Waals surface area contributed by atoms with Crippen LogP contribution in [0, 0.1) is 12.3 Å². The molecule has 1 fully saturated rings. The van der Waals surface area contributed by atoms with Crippen LogP contribution in [0.2, 0.25) is 0 Å². The molecule has 1 saturated heterocycles. The highest BCUT2D eigenvalue weighted by Gasteiger charge is 2.33.